The first-order chi connectivity index (χ1) is 12.4. The SMILES string of the molecule is C[Si](C)(Cc1ccccc1)C(F)(F)SC(F)(F)[Si](C)(C)Cc1ccccc1. The van der Waals surface area contributed by atoms with Crippen molar-refractivity contribution in [2.24, 2.45) is 0 Å². The molecule has 0 N–H and O–H groups in total. The van der Waals surface area contributed by atoms with Gasteiger partial charge in [0.15, 0.2) is 16.1 Å². The first-order valence-electron chi connectivity index (χ1n) is 8.90. The predicted octanol–water partition coefficient (Wildman–Crippen LogP) is 6.96. The predicted molar refractivity (Wildman–Crippen MR) is 113 cm³/mol. The number of halogens is 4. The molecule has 0 aliphatic heterocycles. The molecule has 0 nitrogen and oxygen atoms in total. The molecule has 2 rings (SSSR count). The first-order valence-corrected chi connectivity index (χ1v) is 16.1. The van der Waals surface area contributed by atoms with Crippen LogP contribution in [0.1, 0.15) is 11.1 Å². The van der Waals surface area contributed by atoms with Gasteiger partial charge in [-0.1, -0.05) is 98.0 Å². The van der Waals surface area contributed by atoms with E-state index < -0.39 is 25.9 Å². The van der Waals surface area contributed by atoms with Crippen molar-refractivity contribution in [1.29, 1.82) is 0 Å². The van der Waals surface area contributed by atoms with Gasteiger partial charge in [-0.3, -0.25) is 0 Å². The highest BCUT2D eigenvalue weighted by Crippen LogP contribution is 2.51. The number of alkyl halides is 4. The fourth-order valence-electron chi connectivity index (χ4n) is 2.86. The lowest BCUT2D eigenvalue weighted by Crippen LogP contribution is -2.55. The molecule has 0 aliphatic carbocycles. The molecule has 0 heterocycles. The summed E-state index contributed by atoms with van der Waals surface area (Å²) >= 11 is -0.387. The van der Waals surface area contributed by atoms with Gasteiger partial charge in [-0.2, -0.15) is 17.6 Å². The Morgan fingerprint density at radius 2 is 0.926 bits per heavy atom. The molecule has 0 radical (unpaired) electrons. The van der Waals surface area contributed by atoms with Crippen LogP contribution < -0.4 is 0 Å². The number of hydrogen-bond acceptors (Lipinski definition) is 1. The van der Waals surface area contributed by atoms with Gasteiger partial charge in [0, 0.05) is 0 Å². The molecule has 0 saturated carbocycles. The van der Waals surface area contributed by atoms with Crippen molar-refractivity contribution in [3.63, 3.8) is 0 Å². The zero-order valence-electron chi connectivity index (χ0n) is 16.1. The van der Waals surface area contributed by atoms with Gasteiger partial charge in [-0.15, -0.1) is 0 Å². The van der Waals surface area contributed by atoms with Gasteiger partial charge < -0.3 is 0 Å². The van der Waals surface area contributed by atoms with Crippen molar-refractivity contribution in [2.75, 3.05) is 0 Å². The summed E-state index contributed by atoms with van der Waals surface area (Å²) in [6.45, 7) is 5.98. The highest BCUT2D eigenvalue weighted by atomic mass is 32.2. The summed E-state index contributed by atoms with van der Waals surface area (Å²) in [4.78, 5) is -6.85. The van der Waals surface area contributed by atoms with Crippen LogP contribution in [-0.4, -0.2) is 25.9 Å². The molecule has 0 atom stereocenters. The molecule has 0 unspecified atom stereocenters. The van der Waals surface area contributed by atoms with E-state index in [0.29, 0.717) is 0 Å². The smallest absolute Gasteiger partial charge is 0.200 e. The zero-order valence-corrected chi connectivity index (χ0v) is 18.9. The third-order valence-corrected chi connectivity index (χ3v) is 15.0. The van der Waals surface area contributed by atoms with Crippen molar-refractivity contribution in [2.45, 2.75) is 48.0 Å². The monoisotopic (exact) mass is 430 g/mol. The van der Waals surface area contributed by atoms with Gasteiger partial charge in [0.05, 0.1) is 0 Å². The Hall–Kier alpha value is -1.06. The lowest BCUT2D eigenvalue weighted by molar-refractivity contribution is 0.149. The fraction of sp³-hybridized carbons (Fsp3) is 0.400. The van der Waals surface area contributed by atoms with Crippen molar-refractivity contribution in [3.8, 4) is 0 Å². The molecular weight excluding hydrogens is 404 g/mol. The van der Waals surface area contributed by atoms with E-state index in [0.717, 1.165) is 11.1 Å². The third-order valence-electron chi connectivity index (χ3n) is 4.81. The Bertz CT molecular complexity index is 671. The van der Waals surface area contributed by atoms with Gasteiger partial charge in [0.2, 0.25) is 0 Å². The maximum Gasteiger partial charge on any atom is 0.277 e. The number of thioether (sulfide) groups is 1. The van der Waals surface area contributed by atoms with Crippen LogP contribution in [0.5, 0.6) is 0 Å². The minimum Gasteiger partial charge on any atom is -0.200 e. The van der Waals surface area contributed by atoms with Crippen LogP contribution in [0.2, 0.25) is 26.2 Å². The summed E-state index contributed by atoms with van der Waals surface area (Å²) in [5, 5.41) is 0. The number of benzene rings is 2. The second-order valence-electron chi connectivity index (χ2n) is 8.23. The maximum atomic E-state index is 15.0. The van der Waals surface area contributed by atoms with E-state index in [1.165, 1.54) is 26.2 Å². The molecule has 7 heteroatoms. The van der Waals surface area contributed by atoms with Crippen molar-refractivity contribution in [3.05, 3.63) is 71.8 Å². The third kappa shape index (κ3) is 5.48. The van der Waals surface area contributed by atoms with Crippen LogP contribution in [0.3, 0.4) is 0 Å². The molecule has 0 spiro atoms. The maximum absolute atomic E-state index is 15.0. The van der Waals surface area contributed by atoms with Crippen molar-refractivity contribution >= 4 is 27.9 Å². The van der Waals surface area contributed by atoms with Gasteiger partial charge in [0.25, 0.3) is 9.76 Å². The summed E-state index contributed by atoms with van der Waals surface area (Å²) in [7, 11) is -6.56. The minimum absolute atomic E-state index is 0.171. The Morgan fingerprint density at radius 3 is 1.22 bits per heavy atom. The van der Waals surface area contributed by atoms with E-state index in [4.69, 9.17) is 0 Å². The standard InChI is InChI=1S/C20H26F4SSi2/c1-26(2,15-17-11-7-5-8-12-17)19(21,22)25-20(23,24)27(3,4)16-18-13-9-6-10-14-18/h5-14H,15-16H2,1-4H3. The minimum atomic E-state index is -3.42. The van der Waals surface area contributed by atoms with Gasteiger partial charge in [-0.25, -0.2) is 0 Å². The molecule has 0 aromatic heterocycles. The lowest BCUT2D eigenvalue weighted by Gasteiger charge is -2.39. The van der Waals surface area contributed by atoms with E-state index in [9.17, 15) is 0 Å². The number of rotatable bonds is 8. The highest BCUT2D eigenvalue weighted by molar-refractivity contribution is 8.04. The lowest BCUT2D eigenvalue weighted by atomic mass is 10.2. The van der Waals surface area contributed by atoms with Crippen LogP contribution in [0.4, 0.5) is 17.6 Å². The van der Waals surface area contributed by atoms with E-state index in [-0.39, 0.29) is 23.9 Å². The molecule has 0 bridgehead atoms. The molecule has 0 saturated heterocycles. The van der Waals surface area contributed by atoms with Gasteiger partial charge >= 0.3 is 0 Å². The molecule has 0 aliphatic rings. The fourth-order valence-corrected chi connectivity index (χ4v) is 9.82. The van der Waals surface area contributed by atoms with E-state index in [1.54, 1.807) is 48.5 Å². The van der Waals surface area contributed by atoms with Gasteiger partial charge in [0.1, 0.15) is 0 Å². The van der Waals surface area contributed by atoms with E-state index >= 15 is 17.6 Å². The second kappa shape index (κ2) is 8.13. The summed E-state index contributed by atoms with van der Waals surface area (Å²) in [6, 6.07) is 18.2. The molecule has 2 aromatic rings. The normalized spacial score (nSPS) is 13.6. The second-order valence-corrected chi connectivity index (χ2v) is 19.7. The quantitative estimate of drug-likeness (QED) is 0.322. The first kappa shape index (κ1) is 22.2. The highest BCUT2D eigenvalue weighted by Gasteiger charge is 2.60. The Morgan fingerprint density at radius 1 is 0.630 bits per heavy atom. The Balaban J connectivity index is 2.17. The van der Waals surface area contributed by atoms with Crippen LogP contribution in [0, 0.1) is 0 Å². The Labute approximate surface area is 165 Å². The number of hydrogen-bond donors (Lipinski definition) is 0. The van der Waals surface area contributed by atoms with Gasteiger partial charge in [-0.05, 0) is 23.9 Å². The molecule has 148 valence electrons. The van der Waals surface area contributed by atoms with Crippen molar-refractivity contribution < 1.29 is 17.6 Å². The molecule has 2 aromatic carbocycles. The average Bonchev–Trinajstić information content (AvgIpc) is 2.54. The molecule has 0 amide bonds. The molecule has 0 fully saturated rings. The van der Waals surface area contributed by atoms with Crippen LogP contribution >= 0.6 is 11.8 Å². The molecule has 27 heavy (non-hydrogen) atoms. The van der Waals surface area contributed by atoms with Crippen LogP contribution in [0.15, 0.2) is 60.7 Å². The van der Waals surface area contributed by atoms with E-state index in [2.05, 4.69) is 0 Å². The van der Waals surface area contributed by atoms with Crippen LogP contribution in [-0.2, 0) is 12.1 Å². The summed E-state index contributed by atoms with van der Waals surface area (Å²) in [5.41, 5.74) is 1.55. The zero-order chi connectivity index (χ0) is 20.3. The van der Waals surface area contributed by atoms with Crippen molar-refractivity contribution in [1.82, 2.24) is 0 Å². The summed E-state index contributed by atoms with van der Waals surface area (Å²) in [5.74, 6) is 0. The largest absolute Gasteiger partial charge is 0.277 e. The van der Waals surface area contributed by atoms with E-state index in [1.807, 2.05) is 12.1 Å². The molecular formula is C20H26F4SSi2. The topological polar surface area (TPSA) is 0 Å². The average molecular weight is 431 g/mol. The summed E-state index contributed by atoms with van der Waals surface area (Å²) in [6.07, 6.45) is 0. The Kier molecular flexibility index (Phi) is 6.69. The summed E-state index contributed by atoms with van der Waals surface area (Å²) < 4.78 is 60.1. The van der Waals surface area contributed by atoms with Crippen LogP contribution in [0.25, 0.3) is 0 Å².